The summed E-state index contributed by atoms with van der Waals surface area (Å²) in [6.45, 7) is 0. The number of rotatable bonds is 4. The van der Waals surface area contributed by atoms with Crippen LogP contribution in [0.5, 0.6) is 11.5 Å². The second-order valence-corrected chi connectivity index (χ2v) is 4.39. The molecule has 0 amide bonds. The van der Waals surface area contributed by atoms with E-state index in [1.54, 1.807) is 36.4 Å². The lowest BCUT2D eigenvalue weighted by Crippen LogP contribution is -1.99. The van der Waals surface area contributed by atoms with Gasteiger partial charge in [-0.05, 0) is 47.9 Å². The number of allylic oxidation sites excluding steroid dienone is 1. The van der Waals surface area contributed by atoms with Crippen molar-refractivity contribution in [2.24, 2.45) is 0 Å². The molecule has 0 heterocycles. The topological polar surface area (TPSA) is 40.5 Å². The second kappa shape index (κ2) is 6.05. The van der Waals surface area contributed by atoms with Gasteiger partial charge in [-0.1, -0.05) is 24.3 Å². The summed E-state index contributed by atoms with van der Waals surface area (Å²) in [6.07, 6.45) is 2.66. The molecule has 0 spiro atoms. The highest BCUT2D eigenvalue weighted by Gasteiger charge is 2.09. The minimum Gasteiger partial charge on any atom is -0.508 e. The van der Waals surface area contributed by atoms with Gasteiger partial charge in [-0.15, -0.1) is 0 Å². The lowest BCUT2D eigenvalue weighted by atomic mass is 9.92. The minimum atomic E-state index is -0.102. The Balaban J connectivity index is 2.20. The van der Waals surface area contributed by atoms with E-state index in [1.807, 2.05) is 12.1 Å². The molecule has 2 N–H and O–H groups in total. The maximum absolute atomic E-state index is 12.5. The van der Waals surface area contributed by atoms with Gasteiger partial charge in [0, 0.05) is 5.92 Å². The lowest BCUT2D eigenvalue weighted by molar-refractivity contribution is 0.474. The molecule has 0 bridgehead atoms. The summed E-state index contributed by atoms with van der Waals surface area (Å²) in [5.41, 5.74) is 1.94. The number of aromatic hydroxyl groups is 2. The molecule has 1 atom stereocenters. The number of hydrogen-bond acceptors (Lipinski definition) is 2. The molecule has 0 aliphatic rings. The van der Waals surface area contributed by atoms with Gasteiger partial charge in [-0.3, -0.25) is 0 Å². The average molecular weight is 258 g/mol. The maximum atomic E-state index is 12.5. The molecule has 2 aromatic rings. The zero-order chi connectivity index (χ0) is 13.7. The highest BCUT2D eigenvalue weighted by atomic mass is 19.1. The number of halogens is 1. The van der Waals surface area contributed by atoms with Gasteiger partial charge in [0.2, 0.25) is 0 Å². The molecule has 3 heteroatoms. The Kier molecular flexibility index (Phi) is 4.18. The Hall–Kier alpha value is -2.29. The molecule has 0 aliphatic carbocycles. The highest BCUT2D eigenvalue weighted by molar-refractivity contribution is 5.33. The minimum absolute atomic E-state index is 0.102. The van der Waals surface area contributed by atoms with E-state index in [9.17, 15) is 14.6 Å². The fraction of sp³-hybridized carbons (Fsp3) is 0.125. The van der Waals surface area contributed by atoms with Crippen LogP contribution in [-0.2, 0) is 6.42 Å². The van der Waals surface area contributed by atoms with Crippen LogP contribution in [0, 0.1) is 0 Å². The molecular formula is C16H15FO2. The third-order valence-electron chi connectivity index (χ3n) is 3.02. The van der Waals surface area contributed by atoms with Crippen LogP contribution in [0.25, 0.3) is 0 Å². The van der Waals surface area contributed by atoms with Crippen molar-refractivity contribution < 1.29 is 14.6 Å². The zero-order valence-electron chi connectivity index (χ0n) is 10.3. The summed E-state index contributed by atoms with van der Waals surface area (Å²) >= 11 is 0. The molecular weight excluding hydrogens is 243 g/mol. The van der Waals surface area contributed by atoms with E-state index < -0.39 is 0 Å². The highest BCUT2D eigenvalue weighted by Crippen LogP contribution is 2.25. The standard InChI is InChI=1S/C16H15FO2/c17-10-9-14(13-3-7-16(19)8-4-13)11-12-1-5-15(18)6-2-12/h1-10,14,18-19H,11H2. The smallest absolute Gasteiger partial charge is 0.115 e. The summed E-state index contributed by atoms with van der Waals surface area (Å²) in [7, 11) is 0. The Morgan fingerprint density at radius 2 is 1.42 bits per heavy atom. The Morgan fingerprint density at radius 1 is 0.895 bits per heavy atom. The van der Waals surface area contributed by atoms with Gasteiger partial charge in [0.05, 0.1) is 6.33 Å². The summed E-state index contributed by atoms with van der Waals surface area (Å²) in [5, 5.41) is 18.5. The van der Waals surface area contributed by atoms with Crippen molar-refractivity contribution in [1.29, 1.82) is 0 Å². The van der Waals surface area contributed by atoms with Gasteiger partial charge >= 0.3 is 0 Å². The molecule has 0 aromatic heterocycles. The van der Waals surface area contributed by atoms with E-state index >= 15 is 0 Å². The van der Waals surface area contributed by atoms with Crippen LogP contribution in [0.3, 0.4) is 0 Å². The first-order valence-corrected chi connectivity index (χ1v) is 6.03. The largest absolute Gasteiger partial charge is 0.508 e. The second-order valence-electron chi connectivity index (χ2n) is 4.39. The molecule has 2 nitrogen and oxygen atoms in total. The van der Waals surface area contributed by atoms with Gasteiger partial charge in [0.15, 0.2) is 0 Å². The van der Waals surface area contributed by atoms with Crippen LogP contribution >= 0.6 is 0 Å². The monoisotopic (exact) mass is 258 g/mol. The first-order chi connectivity index (χ1) is 9.19. The van der Waals surface area contributed by atoms with E-state index in [0.29, 0.717) is 12.8 Å². The molecule has 2 aromatic carbocycles. The molecule has 98 valence electrons. The first kappa shape index (κ1) is 13.1. The van der Waals surface area contributed by atoms with Gasteiger partial charge in [-0.2, -0.15) is 0 Å². The van der Waals surface area contributed by atoms with Crippen molar-refractivity contribution in [2.45, 2.75) is 12.3 Å². The number of phenolic OH excluding ortho intramolecular Hbond substituents is 2. The maximum Gasteiger partial charge on any atom is 0.115 e. The van der Waals surface area contributed by atoms with E-state index in [-0.39, 0.29) is 17.4 Å². The summed E-state index contributed by atoms with van der Waals surface area (Å²) in [4.78, 5) is 0. The SMILES string of the molecule is Oc1ccc(CC(C=CF)c2ccc(O)cc2)cc1. The predicted octanol–water partition coefficient (Wildman–Crippen LogP) is 3.91. The molecule has 1 unspecified atom stereocenters. The Labute approximate surface area is 111 Å². The molecule has 19 heavy (non-hydrogen) atoms. The van der Waals surface area contributed by atoms with Crippen molar-refractivity contribution in [2.75, 3.05) is 0 Å². The number of hydrogen-bond donors (Lipinski definition) is 2. The van der Waals surface area contributed by atoms with Gasteiger partial charge in [0.1, 0.15) is 11.5 Å². The molecule has 0 fully saturated rings. The van der Waals surface area contributed by atoms with Crippen LogP contribution in [0.4, 0.5) is 4.39 Å². The summed E-state index contributed by atoms with van der Waals surface area (Å²) in [5.74, 6) is 0.303. The first-order valence-electron chi connectivity index (χ1n) is 6.03. The van der Waals surface area contributed by atoms with E-state index in [0.717, 1.165) is 11.1 Å². The van der Waals surface area contributed by atoms with E-state index in [1.165, 1.54) is 6.08 Å². The van der Waals surface area contributed by atoms with E-state index in [2.05, 4.69) is 0 Å². The molecule has 0 radical (unpaired) electrons. The Bertz CT molecular complexity index is 544. The number of phenols is 2. The fourth-order valence-electron chi connectivity index (χ4n) is 1.99. The fourth-order valence-corrected chi connectivity index (χ4v) is 1.99. The van der Waals surface area contributed by atoms with Gasteiger partial charge < -0.3 is 10.2 Å². The molecule has 2 rings (SSSR count). The third kappa shape index (κ3) is 3.58. The zero-order valence-corrected chi connectivity index (χ0v) is 10.3. The molecule has 0 saturated carbocycles. The third-order valence-corrected chi connectivity index (χ3v) is 3.02. The Morgan fingerprint density at radius 3 is 1.95 bits per heavy atom. The summed E-state index contributed by atoms with van der Waals surface area (Å²) < 4.78 is 12.5. The molecule has 0 aliphatic heterocycles. The van der Waals surface area contributed by atoms with E-state index in [4.69, 9.17) is 0 Å². The van der Waals surface area contributed by atoms with Crippen LogP contribution in [0.2, 0.25) is 0 Å². The van der Waals surface area contributed by atoms with Crippen molar-refractivity contribution in [3.8, 4) is 11.5 Å². The van der Waals surface area contributed by atoms with Crippen LogP contribution in [-0.4, -0.2) is 10.2 Å². The van der Waals surface area contributed by atoms with Crippen molar-refractivity contribution in [1.82, 2.24) is 0 Å². The van der Waals surface area contributed by atoms with Crippen molar-refractivity contribution >= 4 is 0 Å². The van der Waals surface area contributed by atoms with Crippen LogP contribution < -0.4 is 0 Å². The molecule has 0 saturated heterocycles. The quantitative estimate of drug-likeness (QED) is 0.873. The summed E-state index contributed by atoms with van der Waals surface area (Å²) in [6, 6.07) is 13.6. The predicted molar refractivity (Wildman–Crippen MR) is 72.9 cm³/mol. The number of benzene rings is 2. The van der Waals surface area contributed by atoms with Crippen molar-refractivity contribution in [3.63, 3.8) is 0 Å². The van der Waals surface area contributed by atoms with Crippen LogP contribution in [0.15, 0.2) is 60.9 Å². The van der Waals surface area contributed by atoms with Gasteiger partial charge in [-0.25, -0.2) is 4.39 Å². The van der Waals surface area contributed by atoms with Gasteiger partial charge in [0.25, 0.3) is 0 Å². The normalized spacial score (nSPS) is 12.7. The van der Waals surface area contributed by atoms with Crippen LogP contribution in [0.1, 0.15) is 17.0 Å². The average Bonchev–Trinajstić information content (AvgIpc) is 2.42. The lowest BCUT2D eigenvalue weighted by Gasteiger charge is -2.13. The van der Waals surface area contributed by atoms with Crippen molar-refractivity contribution in [3.05, 3.63) is 72.1 Å².